The maximum atomic E-state index is 6.06. The van der Waals surface area contributed by atoms with Crippen molar-refractivity contribution in [2.45, 2.75) is 19.3 Å². The van der Waals surface area contributed by atoms with E-state index in [-0.39, 0.29) is 0 Å². The van der Waals surface area contributed by atoms with Crippen molar-refractivity contribution in [2.24, 2.45) is 5.92 Å². The molecule has 3 heteroatoms. The van der Waals surface area contributed by atoms with Gasteiger partial charge in [-0.2, -0.15) is 0 Å². The normalized spacial score (nSPS) is 15.6. The van der Waals surface area contributed by atoms with Crippen LogP contribution in [-0.4, -0.2) is 13.1 Å². The third-order valence-electron chi connectivity index (χ3n) is 2.71. The highest BCUT2D eigenvalue weighted by Crippen LogP contribution is 2.27. The molecule has 0 aromatic heterocycles. The molecule has 0 amide bonds. The smallest absolute Gasteiger partial charge is 0.0439 e. The Morgan fingerprint density at radius 3 is 2.80 bits per heavy atom. The average Bonchev–Trinajstić information content (AvgIpc) is 3.01. The highest BCUT2D eigenvalue weighted by atomic mass is 35.5. The van der Waals surface area contributed by atoms with Gasteiger partial charge in [-0.25, -0.2) is 0 Å². The van der Waals surface area contributed by atoms with E-state index in [0.717, 1.165) is 41.0 Å². The summed E-state index contributed by atoms with van der Waals surface area (Å²) in [6, 6.07) is 5.63. The SMILES string of the molecule is Clc1ccc(Cl)c(CCNCC2CC2)c1. The molecule has 15 heavy (non-hydrogen) atoms. The first-order valence-corrected chi connectivity index (χ1v) is 6.16. The summed E-state index contributed by atoms with van der Waals surface area (Å²) >= 11 is 12.0. The molecule has 0 atom stereocenters. The zero-order valence-corrected chi connectivity index (χ0v) is 10.1. The topological polar surface area (TPSA) is 12.0 Å². The van der Waals surface area contributed by atoms with Crippen molar-refractivity contribution in [1.82, 2.24) is 5.32 Å². The van der Waals surface area contributed by atoms with Crippen LogP contribution in [-0.2, 0) is 6.42 Å². The van der Waals surface area contributed by atoms with E-state index in [1.165, 1.54) is 12.8 Å². The summed E-state index contributed by atoms with van der Waals surface area (Å²) in [6.45, 7) is 2.13. The Kier molecular flexibility index (Phi) is 3.90. The maximum absolute atomic E-state index is 6.06. The number of hydrogen-bond donors (Lipinski definition) is 1. The molecule has 1 fully saturated rings. The van der Waals surface area contributed by atoms with Gasteiger partial charge in [0.2, 0.25) is 0 Å². The van der Waals surface area contributed by atoms with Gasteiger partial charge in [-0.3, -0.25) is 0 Å². The van der Waals surface area contributed by atoms with Crippen LogP contribution in [0.1, 0.15) is 18.4 Å². The highest BCUT2D eigenvalue weighted by Gasteiger charge is 2.19. The van der Waals surface area contributed by atoms with Crippen LogP contribution in [0.25, 0.3) is 0 Å². The van der Waals surface area contributed by atoms with Gasteiger partial charge in [-0.05, 0) is 62.0 Å². The van der Waals surface area contributed by atoms with Crippen LogP contribution in [0, 0.1) is 5.92 Å². The van der Waals surface area contributed by atoms with Crippen molar-refractivity contribution in [1.29, 1.82) is 0 Å². The first kappa shape index (κ1) is 11.3. The molecule has 1 saturated carbocycles. The minimum atomic E-state index is 0.761. The second-order valence-electron chi connectivity index (χ2n) is 4.13. The van der Waals surface area contributed by atoms with E-state index >= 15 is 0 Å². The lowest BCUT2D eigenvalue weighted by atomic mass is 10.1. The van der Waals surface area contributed by atoms with Crippen LogP contribution < -0.4 is 5.32 Å². The van der Waals surface area contributed by atoms with E-state index in [0.29, 0.717) is 0 Å². The largest absolute Gasteiger partial charge is 0.316 e. The first-order valence-electron chi connectivity index (χ1n) is 5.40. The Morgan fingerprint density at radius 2 is 2.07 bits per heavy atom. The van der Waals surface area contributed by atoms with E-state index in [4.69, 9.17) is 23.2 Å². The van der Waals surface area contributed by atoms with Crippen LogP contribution in [0.5, 0.6) is 0 Å². The highest BCUT2D eigenvalue weighted by molar-refractivity contribution is 6.33. The molecule has 82 valence electrons. The van der Waals surface area contributed by atoms with Crippen molar-refractivity contribution in [3.05, 3.63) is 33.8 Å². The molecular formula is C12H15Cl2N. The van der Waals surface area contributed by atoms with E-state index in [2.05, 4.69) is 5.32 Å². The molecule has 0 saturated heterocycles. The molecule has 0 radical (unpaired) electrons. The third-order valence-corrected chi connectivity index (χ3v) is 3.31. The monoisotopic (exact) mass is 243 g/mol. The summed E-state index contributed by atoms with van der Waals surface area (Å²) in [5, 5.41) is 5.01. The molecule has 0 spiro atoms. The van der Waals surface area contributed by atoms with Crippen LogP contribution in [0.2, 0.25) is 10.0 Å². The molecule has 1 nitrogen and oxygen atoms in total. The van der Waals surface area contributed by atoms with Crippen LogP contribution in [0.15, 0.2) is 18.2 Å². The number of benzene rings is 1. The predicted octanol–water partition coefficient (Wildman–Crippen LogP) is 3.54. The fraction of sp³-hybridized carbons (Fsp3) is 0.500. The van der Waals surface area contributed by atoms with Crippen molar-refractivity contribution in [3.8, 4) is 0 Å². The summed E-state index contributed by atoms with van der Waals surface area (Å²) in [4.78, 5) is 0. The lowest BCUT2D eigenvalue weighted by Crippen LogP contribution is -2.19. The van der Waals surface area contributed by atoms with Crippen LogP contribution >= 0.6 is 23.2 Å². The van der Waals surface area contributed by atoms with Gasteiger partial charge in [0.05, 0.1) is 0 Å². The van der Waals surface area contributed by atoms with Gasteiger partial charge in [0.15, 0.2) is 0 Å². The molecular weight excluding hydrogens is 229 g/mol. The van der Waals surface area contributed by atoms with Gasteiger partial charge in [-0.1, -0.05) is 23.2 Å². The fourth-order valence-corrected chi connectivity index (χ4v) is 1.99. The fourth-order valence-electron chi connectivity index (χ4n) is 1.59. The summed E-state index contributed by atoms with van der Waals surface area (Å²) in [5.74, 6) is 0.930. The zero-order chi connectivity index (χ0) is 10.7. The average molecular weight is 244 g/mol. The Morgan fingerprint density at radius 1 is 1.27 bits per heavy atom. The molecule has 1 aliphatic carbocycles. The van der Waals surface area contributed by atoms with Crippen molar-refractivity contribution in [3.63, 3.8) is 0 Å². The molecule has 0 unspecified atom stereocenters. The first-order chi connectivity index (χ1) is 7.25. The molecule has 1 aromatic carbocycles. The van der Waals surface area contributed by atoms with Gasteiger partial charge >= 0.3 is 0 Å². The maximum Gasteiger partial charge on any atom is 0.0439 e. The Labute approximate surface area is 101 Å². The second kappa shape index (κ2) is 5.20. The molecule has 0 bridgehead atoms. The standard InChI is InChI=1S/C12H15Cl2N/c13-11-3-4-12(14)10(7-11)5-6-15-8-9-1-2-9/h3-4,7,9,15H,1-2,5-6,8H2. The number of nitrogens with one attached hydrogen (secondary N) is 1. The molecule has 0 aliphatic heterocycles. The predicted molar refractivity (Wildman–Crippen MR) is 65.8 cm³/mol. The van der Waals surface area contributed by atoms with Gasteiger partial charge in [0.25, 0.3) is 0 Å². The van der Waals surface area contributed by atoms with E-state index in [9.17, 15) is 0 Å². The van der Waals surface area contributed by atoms with E-state index in [1.807, 2.05) is 18.2 Å². The van der Waals surface area contributed by atoms with Gasteiger partial charge in [0, 0.05) is 10.0 Å². The minimum absolute atomic E-state index is 0.761. The van der Waals surface area contributed by atoms with Crippen molar-refractivity contribution >= 4 is 23.2 Å². The quantitative estimate of drug-likeness (QED) is 0.781. The molecule has 1 aliphatic rings. The van der Waals surface area contributed by atoms with Gasteiger partial charge in [-0.15, -0.1) is 0 Å². The zero-order valence-electron chi connectivity index (χ0n) is 8.60. The Balaban J connectivity index is 1.78. The van der Waals surface area contributed by atoms with Crippen molar-refractivity contribution in [2.75, 3.05) is 13.1 Å². The van der Waals surface area contributed by atoms with Gasteiger partial charge in [0.1, 0.15) is 0 Å². The summed E-state index contributed by atoms with van der Waals surface area (Å²) in [6.07, 6.45) is 3.74. The number of halogens is 2. The summed E-state index contributed by atoms with van der Waals surface area (Å²) in [7, 11) is 0. The lowest BCUT2D eigenvalue weighted by Gasteiger charge is -2.06. The Bertz CT molecular complexity index is 334. The van der Waals surface area contributed by atoms with Gasteiger partial charge < -0.3 is 5.32 Å². The molecule has 1 aromatic rings. The lowest BCUT2D eigenvalue weighted by molar-refractivity contribution is 0.637. The second-order valence-corrected chi connectivity index (χ2v) is 4.98. The molecule has 0 heterocycles. The van der Waals surface area contributed by atoms with Crippen molar-refractivity contribution < 1.29 is 0 Å². The minimum Gasteiger partial charge on any atom is -0.316 e. The molecule has 1 N–H and O–H groups in total. The third kappa shape index (κ3) is 3.67. The number of rotatable bonds is 5. The summed E-state index contributed by atoms with van der Waals surface area (Å²) in [5.41, 5.74) is 1.13. The molecule has 2 rings (SSSR count). The van der Waals surface area contributed by atoms with Crippen LogP contribution in [0.3, 0.4) is 0 Å². The van der Waals surface area contributed by atoms with Crippen LogP contribution in [0.4, 0.5) is 0 Å². The van der Waals surface area contributed by atoms with E-state index in [1.54, 1.807) is 0 Å². The number of hydrogen-bond acceptors (Lipinski definition) is 1. The van der Waals surface area contributed by atoms with E-state index < -0.39 is 0 Å². The summed E-state index contributed by atoms with van der Waals surface area (Å²) < 4.78 is 0. The Hall–Kier alpha value is -0.240.